The van der Waals surface area contributed by atoms with E-state index in [4.69, 9.17) is 0 Å². The first-order chi connectivity index (χ1) is 9.65. The molecule has 1 aliphatic rings. The van der Waals surface area contributed by atoms with Crippen LogP contribution in [-0.4, -0.2) is 16.8 Å². The molecule has 0 spiro atoms. The number of carbonyl (C=O) groups is 1. The van der Waals surface area contributed by atoms with Crippen LogP contribution in [0.4, 0.5) is 8.78 Å². The fourth-order valence-electron chi connectivity index (χ4n) is 2.12. The van der Waals surface area contributed by atoms with Crippen molar-refractivity contribution in [2.75, 3.05) is 0 Å². The van der Waals surface area contributed by atoms with E-state index in [9.17, 15) is 13.6 Å². The van der Waals surface area contributed by atoms with Gasteiger partial charge in [0.15, 0.2) is 11.6 Å². The minimum Gasteiger partial charge on any atom is -0.331 e. The molecule has 1 amide bonds. The van der Waals surface area contributed by atoms with Crippen LogP contribution in [-0.2, 0) is 6.54 Å². The smallest absolute Gasteiger partial charge is 0.254 e. The van der Waals surface area contributed by atoms with Gasteiger partial charge in [-0.2, -0.15) is 0 Å². The lowest BCUT2D eigenvalue weighted by molar-refractivity contribution is 0.0731. The SMILES string of the molecule is O=C(c1ccc(F)c(F)c1)N(Cc1cccs1)C1CC1. The highest BCUT2D eigenvalue weighted by atomic mass is 32.1. The molecule has 0 bridgehead atoms. The summed E-state index contributed by atoms with van der Waals surface area (Å²) in [4.78, 5) is 15.3. The molecule has 1 fully saturated rings. The van der Waals surface area contributed by atoms with E-state index in [0.29, 0.717) is 6.54 Å². The van der Waals surface area contributed by atoms with Gasteiger partial charge in [-0.05, 0) is 42.5 Å². The molecule has 20 heavy (non-hydrogen) atoms. The Morgan fingerprint density at radius 3 is 2.65 bits per heavy atom. The highest BCUT2D eigenvalue weighted by Gasteiger charge is 2.33. The lowest BCUT2D eigenvalue weighted by atomic mass is 10.2. The summed E-state index contributed by atoms with van der Waals surface area (Å²) in [7, 11) is 0. The Labute approximate surface area is 119 Å². The van der Waals surface area contributed by atoms with Crippen LogP contribution in [0.3, 0.4) is 0 Å². The number of hydrogen-bond acceptors (Lipinski definition) is 2. The molecular formula is C15H13F2NOS. The largest absolute Gasteiger partial charge is 0.331 e. The highest BCUT2D eigenvalue weighted by molar-refractivity contribution is 7.09. The standard InChI is InChI=1S/C15H13F2NOS/c16-13-6-3-10(8-14(13)17)15(19)18(11-4-5-11)9-12-2-1-7-20-12/h1-3,6-8,11H,4-5,9H2. The van der Waals surface area contributed by atoms with E-state index >= 15 is 0 Å². The summed E-state index contributed by atoms with van der Waals surface area (Å²) >= 11 is 1.59. The van der Waals surface area contributed by atoms with Crippen molar-refractivity contribution in [1.29, 1.82) is 0 Å². The van der Waals surface area contributed by atoms with Crippen LogP contribution in [0.25, 0.3) is 0 Å². The fourth-order valence-corrected chi connectivity index (χ4v) is 2.82. The fraction of sp³-hybridized carbons (Fsp3) is 0.267. The molecule has 0 radical (unpaired) electrons. The quantitative estimate of drug-likeness (QED) is 0.839. The van der Waals surface area contributed by atoms with E-state index in [2.05, 4.69) is 0 Å². The Balaban J connectivity index is 1.83. The lowest BCUT2D eigenvalue weighted by Crippen LogP contribution is -2.32. The maximum absolute atomic E-state index is 13.3. The monoisotopic (exact) mass is 293 g/mol. The molecule has 0 unspecified atom stereocenters. The Bertz CT molecular complexity index is 623. The predicted molar refractivity (Wildman–Crippen MR) is 73.6 cm³/mol. The number of amides is 1. The topological polar surface area (TPSA) is 20.3 Å². The van der Waals surface area contributed by atoms with Gasteiger partial charge in [0.05, 0.1) is 6.54 Å². The Morgan fingerprint density at radius 1 is 1.25 bits per heavy atom. The molecule has 2 nitrogen and oxygen atoms in total. The minimum atomic E-state index is -0.984. The van der Waals surface area contributed by atoms with Crippen molar-refractivity contribution in [1.82, 2.24) is 4.90 Å². The van der Waals surface area contributed by atoms with Crippen molar-refractivity contribution < 1.29 is 13.6 Å². The number of rotatable bonds is 4. The van der Waals surface area contributed by atoms with Crippen molar-refractivity contribution in [3.63, 3.8) is 0 Å². The summed E-state index contributed by atoms with van der Waals surface area (Å²) < 4.78 is 26.2. The molecule has 2 aromatic rings. The van der Waals surface area contributed by atoms with Gasteiger partial charge in [0.1, 0.15) is 0 Å². The maximum atomic E-state index is 13.3. The molecule has 0 atom stereocenters. The molecule has 0 aliphatic heterocycles. The van der Waals surface area contributed by atoms with Crippen LogP contribution in [0.1, 0.15) is 28.1 Å². The van der Waals surface area contributed by atoms with E-state index in [1.807, 2.05) is 17.5 Å². The third-order valence-electron chi connectivity index (χ3n) is 3.32. The molecule has 1 aliphatic carbocycles. The molecule has 5 heteroatoms. The molecule has 1 heterocycles. The molecular weight excluding hydrogens is 280 g/mol. The highest BCUT2D eigenvalue weighted by Crippen LogP contribution is 2.30. The third kappa shape index (κ3) is 2.72. The molecule has 1 aromatic heterocycles. The predicted octanol–water partition coefficient (Wildman–Crippen LogP) is 3.83. The molecule has 0 N–H and O–H groups in total. The van der Waals surface area contributed by atoms with Gasteiger partial charge in [-0.15, -0.1) is 11.3 Å². The second-order valence-electron chi connectivity index (χ2n) is 4.87. The summed E-state index contributed by atoms with van der Waals surface area (Å²) in [6.07, 6.45) is 1.95. The van der Waals surface area contributed by atoms with Crippen molar-refractivity contribution in [3.8, 4) is 0 Å². The van der Waals surface area contributed by atoms with Gasteiger partial charge in [-0.25, -0.2) is 8.78 Å². The lowest BCUT2D eigenvalue weighted by Gasteiger charge is -2.22. The average Bonchev–Trinajstić information content (AvgIpc) is 3.15. The summed E-state index contributed by atoms with van der Waals surface area (Å²) in [5.41, 5.74) is 0.201. The van der Waals surface area contributed by atoms with Crippen molar-refractivity contribution in [2.24, 2.45) is 0 Å². The third-order valence-corrected chi connectivity index (χ3v) is 4.18. The van der Waals surface area contributed by atoms with Gasteiger partial charge in [0, 0.05) is 16.5 Å². The number of benzene rings is 1. The Morgan fingerprint density at radius 2 is 2.05 bits per heavy atom. The molecule has 0 saturated heterocycles. The zero-order chi connectivity index (χ0) is 14.1. The Hall–Kier alpha value is -1.75. The number of thiophene rings is 1. The number of nitrogens with zero attached hydrogens (tertiary/aromatic N) is 1. The summed E-state index contributed by atoms with van der Waals surface area (Å²) in [5.74, 6) is -2.15. The van der Waals surface area contributed by atoms with Crippen LogP contribution < -0.4 is 0 Å². The summed E-state index contributed by atoms with van der Waals surface area (Å²) in [5, 5.41) is 1.96. The van der Waals surface area contributed by atoms with E-state index in [1.165, 1.54) is 6.07 Å². The van der Waals surface area contributed by atoms with Gasteiger partial charge >= 0.3 is 0 Å². The van der Waals surface area contributed by atoms with E-state index in [-0.39, 0.29) is 17.5 Å². The van der Waals surface area contributed by atoms with Crippen LogP contribution in [0.15, 0.2) is 35.7 Å². The first-order valence-electron chi connectivity index (χ1n) is 6.43. The van der Waals surface area contributed by atoms with E-state index < -0.39 is 11.6 Å². The van der Waals surface area contributed by atoms with Crippen LogP contribution in [0.5, 0.6) is 0 Å². The summed E-state index contributed by atoms with van der Waals surface area (Å²) in [6, 6.07) is 7.44. The van der Waals surface area contributed by atoms with Gasteiger partial charge in [0.25, 0.3) is 5.91 Å². The zero-order valence-electron chi connectivity index (χ0n) is 10.7. The number of halogens is 2. The van der Waals surface area contributed by atoms with Gasteiger partial charge < -0.3 is 4.90 Å². The number of hydrogen-bond donors (Lipinski definition) is 0. The van der Waals surface area contributed by atoms with Crippen LogP contribution >= 0.6 is 11.3 Å². The van der Waals surface area contributed by atoms with Crippen LogP contribution in [0, 0.1) is 11.6 Å². The van der Waals surface area contributed by atoms with Crippen molar-refractivity contribution in [3.05, 3.63) is 57.8 Å². The van der Waals surface area contributed by atoms with Crippen molar-refractivity contribution in [2.45, 2.75) is 25.4 Å². The second kappa shape index (κ2) is 5.32. The van der Waals surface area contributed by atoms with Gasteiger partial charge in [0.2, 0.25) is 0 Å². The minimum absolute atomic E-state index is 0.201. The normalized spacial score (nSPS) is 14.3. The first-order valence-corrected chi connectivity index (χ1v) is 7.31. The van der Waals surface area contributed by atoms with E-state index in [1.54, 1.807) is 16.2 Å². The average molecular weight is 293 g/mol. The van der Waals surface area contributed by atoms with Crippen LogP contribution in [0.2, 0.25) is 0 Å². The van der Waals surface area contributed by atoms with Crippen molar-refractivity contribution >= 4 is 17.2 Å². The molecule has 3 rings (SSSR count). The second-order valence-corrected chi connectivity index (χ2v) is 5.90. The van der Waals surface area contributed by atoms with E-state index in [0.717, 1.165) is 29.9 Å². The van der Waals surface area contributed by atoms with Gasteiger partial charge in [-0.3, -0.25) is 4.79 Å². The zero-order valence-corrected chi connectivity index (χ0v) is 11.5. The summed E-state index contributed by atoms with van der Waals surface area (Å²) in [6.45, 7) is 0.528. The van der Waals surface area contributed by atoms with Gasteiger partial charge in [-0.1, -0.05) is 6.07 Å². The number of carbonyl (C=O) groups excluding carboxylic acids is 1. The molecule has 1 saturated carbocycles. The first kappa shape index (κ1) is 13.2. The maximum Gasteiger partial charge on any atom is 0.254 e. The Kier molecular flexibility index (Phi) is 3.53. The molecule has 104 valence electrons. The molecule has 1 aromatic carbocycles.